The Labute approximate surface area is 195 Å². The number of hydrogen-bond acceptors (Lipinski definition) is 5. The number of halogens is 1. The Balaban J connectivity index is 0.00000245. The molecule has 0 N–H and O–H groups in total. The molecule has 1 aliphatic rings. The second-order valence-corrected chi connectivity index (χ2v) is 8.53. The van der Waals surface area contributed by atoms with Crippen LogP contribution in [0.1, 0.15) is 22.5 Å². The number of aromatic nitrogens is 1. The number of hydrogen-bond donors (Lipinski definition) is 0. The van der Waals surface area contributed by atoms with Crippen molar-refractivity contribution in [1.82, 2.24) is 9.47 Å². The number of esters is 1. The smallest absolute Gasteiger partial charge is 0.350 e. The summed E-state index contributed by atoms with van der Waals surface area (Å²) in [5.74, 6) is 0.490. The van der Waals surface area contributed by atoms with Crippen molar-refractivity contribution in [3.8, 4) is 5.69 Å². The van der Waals surface area contributed by atoms with E-state index < -0.39 is 5.97 Å². The molecule has 0 amide bonds. The normalized spacial score (nSPS) is 14.8. The minimum Gasteiger partial charge on any atom is -0.465 e. The number of benzene rings is 2. The lowest BCUT2D eigenvalue weighted by atomic mass is 10.1. The number of likely N-dealkylation sites (tertiary alicyclic amines) is 1. The zero-order valence-electron chi connectivity index (χ0n) is 17.7. The van der Waals surface area contributed by atoms with E-state index in [0.717, 1.165) is 41.7 Å². The van der Waals surface area contributed by atoms with Gasteiger partial charge in [0, 0.05) is 30.8 Å². The number of carbonyl (C=O) groups is 1. The maximum absolute atomic E-state index is 13.5. The van der Waals surface area contributed by atoms with Gasteiger partial charge in [-0.15, -0.1) is 23.7 Å². The van der Waals surface area contributed by atoms with Crippen molar-refractivity contribution in [1.29, 1.82) is 0 Å². The molecule has 8 heteroatoms. The Bertz CT molecular complexity index is 1410. The molecule has 0 bridgehead atoms. The van der Waals surface area contributed by atoms with Crippen LogP contribution in [0.2, 0.25) is 0 Å². The molecule has 1 fully saturated rings. The van der Waals surface area contributed by atoms with Gasteiger partial charge in [-0.3, -0.25) is 9.36 Å². The molecule has 0 unspecified atom stereocenters. The van der Waals surface area contributed by atoms with Gasteiger partial charge in [0.05, 0.1) is 12.8 Å². The number of carbonyl (C=O) groups excluding carboxylic acids is 1. The van der Waals surface area contributed by atoms with Crippen LogP contribution in [-0.2, 0) is 4.74 Å². The highest BCUT2D eigenvalue weighted by Crippen LogP contribution is 2.42. The molecular formula is C24H22ClN3O3S. The van der Waals surface area contributed by atoms with Crippen LogP contribution in [0.25, 0.3) is 26.7 Å². The van der Waals surface area contributed by atoms with Crippen LogP contribution in [0.5, 0.6) is 0 Å². The number of methoxy groups -OCH3 is 1. The number of pyridine rings is 1. The van der Waals surface area contributed by atoms with E-state index >= 15 is 0 Å². The lowest BCUT2D eigenvalue weighted by Gasteiger charge is -2.12. The highest BCUT2D eigenvalue weighted by atomic mass is 35.5. The molecule has 32 heavy (non-hydrogen) atoms. The largest absolute Gasteiger partial charge is 0.465 e. The summed E-state index contributed by atoms with van der Waals surface area (Å²) in [7, 11) is 3.38. The fraction of sp³-hybridized carbons (Fsp3) is 0.208. The summed E-state index contributed by atoms with van der Waals surface area (Å²) in [5.41, 5.74) is 1.21. The highest BCUT2D eigenvalue weighted by Gasteiger charge is 2.26. The summed E-state index contributed by atoms with van der Waals surface area (Å²) in [6, 6.07) is 17.0. The lowest BCUT2D eigenvalue weighted by molar-refractivity contribution is 0.0607. The number of fused-ring (bicyclic) bond motifs is 3. The number of nitrogens with zero attached hydrogens (tertiary/aromatic N) is 3. The molecule has 2 aromatic carbocycles. The molecule has 0 radical (unpaired) electrons. The monoisotopic (exact) mass is 467 g/mol. The number of aliphatic imine (C=N–C) groups is 1. The Morgan fingerprint density at radius 1 is 1.06 bits per heavy atom. The molecular weight excluding hydrogens is 446 g/mol. The van der Waals surface area contributed by atoms with E-state index in [0.29, 0.717) is 20.8 Å². The highest BCUT2D eigenvalue weighted by molar-refractivity contribution is 7.21. The standard InChI is InChI=1S/C24H21N3O3S.ClH/c1-26-14-8-13-18(26)25-20-19-16-11-6-7-12-17(16)22(28)27(15-9-4-3-5-10-15)23(19)31-21(20)24(29)30-2;/h3-7,9-12H,8,13-14H2,1-2H3;1H. The molecule has 0 spiro atoms. The summed E-state index contributed by atoms with van der Waals surface area (Å²) in [4.78, 5) is 34.4. The maximum atomic E-state index is 13.5. The van der Waals surface area contributed by atoms with E-state index in [1.165, 1.54) is 18.4 Å². The summed E-state index contributed by atoms with van der Waals surface area (Å²) < 4.78 is 6.76. The van der Waals surface area contributed by atoms with Gasteiger partial charge in [-0.25, -0.2) is 9.79 Å². The van der Waals surface area contributed by atoms with Gasteiger partial charge in [-0.05, 0) is 30.0 Å². The fourth-order valence-corrected chi connectivity index (χ4v) is 5.32. The first kappa shape index (κ1) is 22.0. The maximum Gasteiger partial charge on any atom is 0.350 e. The average Bonchev–Trinajstić information content (AvgIpc) is 3.38. The van der Waals surface area contributed by atoms with Crippen molar-refractivity contribution in [2.24, 2.45) is 4.99 Å². The zero-order chi connectivity index (χ0) is 21.5. The average molecular weight is 468 g/mol. The lowest BCUT2D eigenvalue weighted by Crippen LogP contribution is -2.19. The zero-order valence-corrected chi connectivity index (χ0v) is 19.3. The fourth-order valence-electron chi connectivity index (χ4n) is 4.13. The third-order valence-corrected chi connectivity index (χ3v) is 6.80. The Hall–Kier alpha value is -3.16. The van der Waals surface area contributed by atoms with Crippen molar-refractivity contribution in [2.75, 3.05) is 20.7 Å². The molecule has 164 valence electrons. The van der Waals surface area contributed by atoms with Gasteiger partial charge in [0.1, 0.15) is 21.2 Å². The Morgan fingerprint density at radius 3 is 2.41 bits per heavy atom. The molecule has 0 saturated carbocycles. The molecule has 4 aromatic rings. The van der Waals surface area contributed by atoms with E-state index in [-0.39, 0.29) is 18.0 Å². The third kappa shape index (κ3) is 3.47. The summed E-state index contributed by atoms with van der Waals surface area (Å²) in [5, 5.41) is 2.19. The minimum atomic E-state index is -0.447. The van der Waals surface area contributed by atoms with Crippen LogP contribution < -0.4 is 5.56 Å². The van der Waals surface area contributed by atoms with Crippen molar-refractivity contribution in [2.45, 2.75) is 12.8 Å². The van der Waals surface area contributed by atoms with Crippen LogP contribution in [-0.4, -0.2) is 42.0 Å². The van der Waals surface area contributed by atoms with E-state index in [1.54, 1.807) is 4.57 Å². The molecule has 0 aliphatic carbocycles. The van der Waals surface area contributed by atoms with E-state index in [4.69, 9.17) is 9.73 Å². The summed E-state index contributed by atoms with van der Waals surface area (Å²) >= 11 is 1.25. The van der Waals surface area contributed by atoms with Crippen LogP contribution in [0.3, 0.4) is 0 Å². The van der Waals surface area contributed by atoms with Crippen LogP contribution in [0.4, 0.5) is 5.69 Å². The number of rotatable bonds is 3. The van der Waals surface area contributed by atoms with Crippen LogP contribution in [0.15, 0.2) is 64.4 Å². The molecule has 1 aliphatic heterocycles. The van der Waals surface area contributed by atoms with Crippen molar-refractivity contribution >= 4 is 62.2 Å². The molecule has 5 rings (SSSR count). The Morgan fingerprint density at radius 2 is 1.75 bits per heavy atom. The van der Waals surface area contributed by atoms with Gasteiger partial charge in [-0.2, -0.15) is 0 Å². The summed E-state index contributed by atoms with van der Waals surface area (Å²) in [6.45, 7) is 0.934. The van der Waals surface area contributed by atoms with E-state index in [1.807, 2.05) is 61.6 Å². The number of amidine groups is 1. The first-order valence-corrected chi connectivity index (χ1v) is 10.9. The topological polar surface area (TPSA) is 63.9 Å². The summed E-state index contributed by atoms with van der Waals surface area (Å²) in [6.07, 6.45) is 1.88. The molecule has 6 nitrogen and oxygen atoms in total. The predicted molar refractivity (Wildman–Crippen MR) is 132 cm³/mol. The van der Waals surface area contributed by atoms with Crippen LogP contribution >= 0.6 is 23.7 Å². The van der Waals surface area contributed by atoms with E-state index in [9.17, 15) is 9.59 Å². The van der Waals surface area contributed by atoms with E-state index in [2.05, 4.69) is 4.90 Å². The third-order valence-electron chi connectivity index (χ3n) is 5.66. The number of para-hydroxylation sites is 1. The first-order valence-electron chi connectivity index (χ1n) is 10.1. The molecule has 1 saturated heterocycles. The van der Waals surface area contributed by atoms with Gasteiger partial charge in [0.25, 0.3) is 5.56 Å². The first-order chi connectivity index (χ1) is 15.1. The quantitative estimate of drug-likeness (QED) is 0.390. The molecule has 0 atom stereocenters. The van der Waals surface area contributed by atoms with Gasteiger partial charge in [0.2, 0.25) is 0 Å². The second kappa shape index (κ2) is 8.76. The predicted octanol–water partition coefficient (Wildman–Crippen LogP) is 5.17. The van der Waals surface area contributed by atoms with Crippen molar-refractivity contribution < 1.29 is 9.53 Å². The molecule has 3 heterocycles. The SMILES string of the molecule is COC(=O)c1sc2c(c1N=C1CCCN1C)c1ccccc1c(=O)n2-c1ccccc1.Cl. The minimum absolute atomic E-state index is 0. The molecule has 2 aromatic heterocycles. The van der Waals surface area contributed by atoms with Crippen molar-refractivity contribution in [3.63, 3.8) is 0 Å². The number of thiophene rings is 1. The van der Waals surface area contributed by atoms with Gasteiger partial charge >= 0.3 is 5.97 Å². The Kier molecular flexibility index (Phi) is 6.04. The van der Waals surface area contributed by atoms with Gasteiger partial charge < -0.3 is 9.64 Å². The van der Waals surface area contributed by atoms with Crippen LogP contribution in [0, 0.1) is 0 Å². The van der Waals surface area contributed by atoms with Gasteiger partial charge in [0.15, 0.2) is 0 Å². The van der Waals surface area contributed by atoms with Gasteiger partial charge in [-0.1, -0.05) is 36.4 Å². The number of ether oxygens (including phenoxy) is 1. The second-order valence-electron chi connectivity index (χ2n) is 7.53. The van der Waals surface area contributed by atoms with Crippen molar-refractivity contribution in [3.05, 3.63) is 69.8 Å².